The summed E-state index contributed by atoms with van der Waals surface area (Å²) in [5, 5.41) is 15.4. The average molecular weight is 644 g/mol. The lowest BCUT2D eigenvalue weighted by molar-refractivity contribution is -0.160. The van der Waals surface area contributed by atoms with Gasteiger partial charge < -0.3 is 19.3 Å². The molecule has 0 saturated heterocycles. The fourth-order valence-corrected chi connectivity index (χ4v) is 6.00. The molecule has 9 heteroatoms. The molecule has 0 radical (unpaired) electrons. The van der Waals surface area contributed by atoms with Crippen molar-refractivity contribution in [3.8, 4) is 45.1 Å². The van der Waals surface area contributed by atoms with Crippen LogP contribution in [-0.4, -0.2) is 31.3 Å². The van der Waals surface area contributed by atoms with Crippen LogP contribution in [0.5, 0.6) is 11.5 Å². The molecule has 0 aliphatic carbocycles. The molecular weight excluding hydrogens is 609 g/mol. The van der Waals surface area contributed by atoms with E-state index >= 15 is 0 Å². The van der Waals surface area contributed by atoms with Gasteiger partial charge in [0.25, 0.3) is 0 Å². The van der Waals surface area contributed by atoms with Crippen molar-refractivity contribution in [2.24, 2.45) is 0 Å². The Kier molecular flexibility index (Phi) is 7.93. The van der Waals surface area contributed by atoms with Gasteiger partial charge in [-0.3, -0.25) is 0 Å². The molecule has 8 nitrogen and oxygen atoms in total. The number of carboxylic acid groups (broad SMARTS) is 1. The fourth-order valence-electron chi connectivity index (χ4n) is 6.00. The number of ether oxygens (including phenoxy) is 3. The molecule has 2 aromatic heterocycles. The zero-order chi connectivity index (χ0) is 33.6. The van der Waals surface area contributed by atoms with Crippen molar-refractivity contribution in [1.82, 2.24) is 14.6 Å². The highest BCUT2D eigenvalue weighted by atomic mass is 19.1. The SMILES string of the molecule is Cc1nc2cc3nn2c(c1[C@H](OC(C)(C)C)C(=O)O)-c1ccc(cc1)OCc1cccc(c1)COc1cc(F)ccc1-c1cccc-3c1. The molecule has 2 aliphatic rings. The number of benzene rings is 4. The van der Waals surface area contributed by atoms with Crippen LogP contribution in [0.2, 0.25) is 0 Å². The summed E-state index contributed by atoms with van der Waals surface area (Å²) < 4.78 is 34.7. The van der Waals surface area contributed by atoms with Gasteiger partial charge in [0.2, 0.25) is 0 Å². The summed E-state index contributed by atoms with van der Waals surface area (Å²) in [6, 6.07) is 29.5. The Hall–Kier alpha value is -5.54. The number of carbonyl (C=O) groups is 1. The third-order valence-electron chi connectivity index (χ3n) is 8.12. The van der Waals surface area contributed by atoms with Crippen LogP contribution in [0.1, 0.15) is 49.3 Å². The van der Waals surface area contributed by atoms with Gasteiger partial charge in [0.05, 0.1) is 17.0 Å². The van der Waals surface area contributed by atoms with E-state index in [1.165, 1.54) is 12.1 Å². The van der Waals surface area contributed by atoms with Gasteiger partial charge in [-0.2, -0.15) is 5.10 Å². The second kappa shape index (κ2) is 12.2. The van der Waals surface area contributed by atoms with Crippen molar-refractivity contribution in [3.05, 3.63) is 125 Å². The van der Waals surface area contributed by atoms with Gasteiger partial charge in [-0.05, 0) is 92.9 Å². The van der Waals surface area contributed by atoms with Gasteiger partial charge in [0.1, 0.15) is 30.5 Å². The zero-order valence-electron chi connectivity index (χ0n) is 27.0. The summed E-state index contributed by atoms with van der Waals surface area (Å²) in [6.45, 7) is 7.82. The second-order valence-electron chi connectivity index (χ2n) is 12.9. The molecule has 0 saturated carbocycles. The summed E-state index contributed by atoms with van der Waals surface area (Å²) >= 11 is 0. The summed E-state index contributed by atoms with van der Waals surface area (Å²) in [5.74, 6) is -0.467. The number of aromatic nitrogens is 3. The lowest BCUT2D eigenvalue weighted by atomic mass is 9.98. The Bertz CT molecular complexity index is 2170. The number of halogens is 1. The highest BCUT2D eigenvalue weighted by Crippen LogP contribution is 2.38. The molecule has 242 valence electrons. The van der Waals surface area contributed by atoms with Crippen LogP contribution in [0.25, 0.3) is 39.3 Å². The first-order valence-electron chi connectivity index (χ1n) is 15.7. The Balaban J connectivity index is 1.46. The molecule has 8 bridgehead atoms. The van der Waals surface area contributed by atoms with Gasteiger partial charge >= 0.3 is 5.97 Å². The van der Waals surface area contributed by atoms with Crippen molar-refractivity contribution in [2.45, 2.75) is 52.6 Å². The topological polar surface area (TPSA) is 95.2 Å². The van der Waals surface area contributed by atoms with E-state index in [1.54, 1.807) is 17.5 Å². The highest BCUT2D eigenvalue weighted by molar-refractivity contribution is 5.81. The zero-order valence-corrected chi connectivity index (χ0v) is 27.0. The Labute approximate surface area is 277 Å². The standard InChI is InChI=1S/C39H34FN3O5/c1-23-35(37(38(44)45)48-39(2,3)4)36-26-11-14-30(15-12-26)46-21-24-7-5-8-25(17-24)22-47-33-19-29(40)13-16-31(33)27-9-6-10-28(18-27)32-20-34(41-23)43(36)42-32/h5-20,37H,21-22H2,1-4H3,(H,44,45)/t37-/m0/s1. The van der Waals surface area contributed by atoms with Gasteiger partial charge in [-0.1, -0.05) is 36.4 Å². The van der Waals surface area contributed by atoms with Gasteiger partial charge in [0.15, 0.2) is 11.8 Å². The fraction of sp³-hybridized carbons (Fsp3) is 0.205. The number of aliphatic carboxylic acids is 1. The normalized spacial score (nSPS) is 13.4. The van der Waals surface area contributed by atoms with E-state index < -0.39 is 23.5 Å². The smallest absolute Gasteiger partial charge is 0.337 e. The van der Waals surface area contributed by atoms with Crippen LogP contribution in [0.15, 0.2) is 97.1 Å². The first kappa shape index (κ1) is 31.1. The van der Waals surface area contributed by atoms with Gasteiger partial charge in [-0.15, -0.1) is 0 Å². The molecule has 0 amide bonds. The highest BCUT2D eigenvalue weighted by Gasteiger charge is 2.33. The van der Waals surface area contributed by atoms with Crippen LogP contribution in [0, 0.1) is 12.7 Å². The van der Waals surface area contributed by atoms with Crippen molar-refractivity contribution in [2.75, 3.05) is 0 Å². The summed E-state index contributed by atoms with van der Waals surface area (Å²) in [6.07, 6.45) is -1.31. The van der Waals surface area contributed by atoms with Gasteiger partial charge in [0, 0.05) is 40.1 Å². The van der Waals surface area contributed by atoms with E-state index in [0.29, 0.717) is 46.4 Å². The maximum atomic E-state index is 14.5. The predicted octanol–water partition coefficient (Wildman–Crippen LogP) is 8.59. The maximum absolute atomic E-state index is 14.5. The second-order valence-corrected chi connectivity index (χ2v) is 12.9. The third-order valence-corrected chi connectivity index (χ3v) is 8.12. The van der Waals surface area contributed by atoms with Crippen LogP contribution in [-0.2, 0) is 22.7 Å². The Morgan fingerprint density at radius 3 is 2.31 bits per heavy atom. The molecule has 0 spiro atoms. The van der Waals surface area contributed by atoms with Crippen molar-refractivity contribution < 1.29 is 28.5 Å². The van der Waals surface area contributed by atoms with E-state index in [0.717, 1.165) is 33.4 Å². The molecule has 1 N–H and O–H groups in total. The minimum atomic E-state index is -1.31. The number of hydrogen-bond acceptors (Lipinski definition) is 6. The number of hydrogen-bond donors (Lipinski definition) is 1. The molecule has 1 atom stereocenters. The first-order valence-corrected chi connectivity index (χ1v) is 15.7. The van der Waals surface area contributed by atoms with Crippen molar-refractivity contribution >= 4 is 11.6 Å². The predicted molar refractivity (Wildman–Crippen MR) is 180 cm³/mol. The summed E-state index contributed by atoms with van der Waals surface area (Å²) in [5.41, 5.74) is 6.84. The average Bonchev–Trinajstić information content (AvgIpc) is 3.48. The summed E-state index contributed by atoms with van der Waals surface area (Å²) in [4.78, 5) is 17.6. The minimum Gasteiger partial charge on any atom is -0.489 e. The molecule has 6 aromatic rings. The lowest BCUT2D eigenvalue weighted by Crippen LogP contribution is -2.29. The largest absolute Gasteiger partial charge is 0.489 e. The Morgan fingerprint density at radius 1 is 0.875 bits per heavy atom. The van der Waals surface area contributed by atoms with E-state index in [2.05, 4.69) is 0 Å². The summed E-state index contributed by atoms with van der Waals surface area (Å²) in [7, 11) is 0. The Morgan fingerprint density at radius 2 is 1.58 bits per heavy atom. The van der Waals surface area contributed by atoms with Gasteiger partial charge in [-0.25, -0.2) is 18.7 Å². The van der Waals surface area contributed by atoms with Crippen molar-refractivity contribution in [3.63, 3.8) is 0 Å². The van der Waals surface area contributed by atoms with Crippen molar-refractivity contribution in [1.29, 1.82) is 0 Å². The molecule has 48 heavy (non-hydrogen) atoms. The monoisotopic (exact) mass is 643 g/mol. The van der Waals surface area contributed by atoms with Crippen LogP contribution in [0.4, 0.5) is 4.39 Å². The molecule has 0 fully saturated rings. The van der Waals surface area contributed by atoms with E-state index in [1.807, 2.05) is 99.6 Å². The van der Waals surface area contributed by atoms with Crippen LogP contribution in [0.3, 0.4) is 0 Å². The number of fused-ring (bicyclic) bond motifs is 4. The lowest BCUT2D eigenvalue weighted by Gasteiger charge is -2.27. The third kappa shape index (κ3) is 6.24. The van der Waals surface area contributed by atoms with Crippen LogP contribution < -0.4 is 9.47 Å². The number of aryl methyl sites for hydroxylation is 1. The molecule has 2 aliphatic heterocycles. The molecular formula is C39H34FN3O5. The van der Waals surface area contributed by atoms with Crippen LogP contribution >= 0.6 is 0 Å². The van der Waals surface area contributed by atoms with E-state index in [9.17, 15) is 14.3 Å². The molecule has 8 rings (SSSR count). The van der Waals surface area contributed by atoms with E-state index in [-0.39, 0.29) is 6.61 Å². The quantitative estimate of drug-likeness (QED) is 0.206. The number of nitrogens with zero attached hydrogens (tertiary/aromatic N) is 3. The number of carboxylic acids is 1. The molecule has 4 aromatic carbocycles. The number of rotatable bonds is 3. The molecule has 4 heterocycles. The minimum absolute atomic E-state index is 0.248. The molecule has 0 unspecified atom stereocenters. The van der Waals surface area contributed by atoms with E-state index in [4.69, 9.17) is 24.3 Å². The first-order chi connectivity index (χ1) is 23.0. The maximum Gasteiger partial charge on any atom is 0.337 e.